The second-order valence-corrected chi connectivity index (χ2v) is 7.71. The molecule has 1 heterocycles. The molecule has 3 aromatic rings. The van der Waals surface area contributed by atoms with Gasteiger partial charge in [0.25, 0.3) is 15.6 Å². The van der Waals surface area contributed by atoms with Crippen LogP contribution in [0.3, 0.4) is 0 Å². The fourth-order valence-electron chi connectivity index (χ4n) is 2.95. The summed E-state index contributed by atoms with van der Waals surface area (Å²) in [4.78, 5) is 12.2. The molecule has 0 aliphatic heterocycles. The first kappa shape index (κ1) is 18.8. The van der Waals surface area contributed by atoms with Gasteiger partial charge in [0.05, 0.1) is 25.4 Å². The van der Waals surface area contributed by atoms with Gasteiger partial charge in [-0.3, -0.25) is 9.52 Å². The number of aryl methyl sites for hydroxylation is 2. The Labute approximate surface area is 157 Å². The Morgan fingerprint density at radius 2 is 1.67 bits per heavy atom. The van der Waals surface area contributed by atoms with Gasteiger partial charge in [-0.1, -0.05) is 12.1 Å². The number of hydrogen-bond donors (Lipinski definition) is 1. The smallest absolute Gasteiger partial charge is 0.265 e. The third-order valence-corrected chi connectivity index (χ3v) is 5.73. The molecule has 7 nitrogen and oxygen atoms in total. The summed E-state index contributed by atoms with van der Waals surface area (Å²) in [6.07, 6.45) is 0. The lowest BCUT2D eigenvalue weighted by atomic mass is 10.1. The van der Waals surface area contributed by atoms with Crippen molar-refractivity contribution in [2.45, 2.75) is 11.8 Å². The van der Waals surface area contributed by atoms with E-state index in [0.29, 0.717) is 22.2 Å². The van der Waals surface area contributed by atoms with Gasteiger partial charge in [0, 0.05) is 24.1 Å². The minimum Gasteiger partial charge on any atom is -0.495 e. The van der Waals surface area contributed by atoms with E-state index in [0.717, 1.165) is 0 Å². The summed E-state index contributed by atoms with van der Waals surface area (Å²) >= 11 is 0. The van der Waals surface area contributed by atoms with Gasteiger partial charge in [-0.15, -0.1) is 0 Å². The molecule has 8 heteroatoms. The molecule has 0 aliphatic carbocycles. The maximum Gasteiger partial charge on any atom is 0.265 e. The minimum atomic E-state index is -3.91. The number of aromatic nitrogens is 1. The summed E-state index contributed by atoms with van der Waals surface area (Å²) < 4.78 is 40.3. The van der Waals surface area contributed by atoms with Crippen LogP contribution in [0.25, 0.3) is 10.9 Å². The van der Waals surface area contributed by atoms with Crippen molar-refractivity contribution in [2.24, 2.45) is 7.05 Å². The standard InChI is InChI=1S/C19H20N2O5S/c1-12-9-13-10-14(17(26-4)11-15(13)21(2)19(12)22)20-27(23,24)18-8-6-5-7-16(18)25-3/h5-11,20H,1-4H3. The van der Waals surface area contributed by atoms with Gasteiger partial charge in [-0.05, 0) is 31.2 Å². The third kappa shape index (κ3) is 3.35. The van der Waals surface area contributed by atoms with Crippen molar-refractivity contribution in [3.05, 3.63) is 58.4 Å². The number of benzene rings is 2. The number of nitrogens with one attached hydrogen (secondary N) is 1. The highest BCUT2D eigenvalue weighted by Crippen LogP contribution is 2.33. The Morgan fingerprint density at radius 3 is 2.33 bits per heavy atom. The third-order valence-electron chi connectivity index (χ3n) is 4.33. The summed E-state index contributed by atoms with van der Waals surface area (Å²) in [7, 11) is 0.603. The number of nitrogens with zero attached hydrogens (tertiary/aromatic N) is 1. The Balaban J connectivity index is 2.16. The van der Waals surface area contributed by atoms with E-state index in [9.17, 15) is 13.2 Å². The first-order valence-electron chi connectivity index (χ1n) is 8.12. The van der Waals surface area contributed by atoms with E-state index >= 15 is 0 Å². The fourth-order valence-corrected chi connectivity index (χ4v) is 4.18. The SMILES string of the molecule is COc1cc2c(cc1NS(=O)(=O)c1ccccc1OC)cc(C)c(=O)n2C. The number of anilines is 1. The zero-order chi connectivity index (χ0) is 19.8. The van der Waals surface area contributed by atoms with E-state index in [2.05, 4.69) is 4.72 Å². The van der Waals surface area contributed by atoms with E-state index in [1.165, 1.54) is 24.9 Å². The van der Waals surface area contributed by atoms with Crippen LogP contribution in [0.4, 0.5) is 5.69 Å². The number of rotatable bonds is 5. The van der Waals surface area contributed by atoms with E-state index in [1.807, 2.05) is 0 Å². The van der Waals surface area contributed by atoms with Gasteiger partial charge in [-0.25, -0.2) is 8.42 Å². The van der Waals surface area contributed by atoms with Gasteiger partial charge >= 0.3 is 0 Å². The highest BCUT2D eigenvalue weighted by atomic mass is 32.2. The molecule has 0 unspecified atom stereocenters. The second kappa shape index (κ2) is 6.96. The van der Waals surface area contributed by atoms with Crippen molar-refractivity contribution in [3.63, 3.8) is 0 Å². The molecule has 0 aliphatic rings. The first-order chi connectivity index (χ1) is 12.8. The molecule has 0 atom stereocenters. The predicted octanol–water partition coefficient (Wildman–Crippen LogP) is 2.66. The predicted molar refractivity (Wildman–Crippen MR) is 104 cm³/mol. The molecule has 0 spiro atoms. The van der Waals surface area contributed by atoms with Crippen molar-refractivity contribution in [1.82, 2.24) is 4.57 Å². The Morgan fingerprint density at radius 1 is 1.00 bits per heavy atom. The van der Waals surface area contributed by atoms with E-state index in [4.69, 9.17) is 9.47 Å². The van der Waals surface area contributed by atoms with Crippen molar-refractivity contribution < 1.29 is 17.9 Å². The van der Waals surface area contributed by atoms with Crippen LogP contribution in [0.5, 0.6) is 11.5 Å². The molecule has 0 radical (unpaired) electrons. The maximum absolute atomic E-state index is 12.9. The monoisotopic (exact) mass is 388 g/mol. The van der Waals surface area contributed by atoms with Crippen molar-refractivity contribution in [3.8, 4) is 11.5 Å². The number of para-hydroxylation sites is 1. The molecule has 27 heavy (non-hydrogen) atoms. The largest absolute Gasteiger partial charge is 0.495 e. The topological polar surface area (TPSA) is 86.6 Å². The Kier molecular flexibility index (Phi) is 4.84. The molecular formula is C19H20N2O5S. The van der Waals surface area contributed by atoms with E-state index in [-0.39, 0.29) is 21.9 Å². The number of fused-ring (bicyclic) bond motifs is 1. The van der Waals surface area contributed by atoms with Crippen molar-refractivity contribution in [1.29, 1.82) is 0 Å². The molecule has 0 fully saturated rings. The molecule has 1 N–H and O–H groups in total. The first-order valence-corrected chi connectivity index (χ1v) is 9.61. The molecule has 0 amide bonds. The summed E-state index contributed by atoms with van der Waals surface area (Å²) in [6, 6.07) is 11.3. The number of ether oxygens (including phenoxy) is 2. The number of sulfonamides is 1. The van der Waals surface area contributed by atoms with Crippen LogP contribution < -0.4 is 19.8 Å². The Hall–Kier alpha value is -3.00. The molecule has 3 rings (SSSR count). The molecular weight excluding hydrogens is 368 g/mol. The Bertz CT molecular complexity index is 1180. The van der Waals surface area contributed by atoms with Crippen LogP contribution >= 0.6 is 0 Å². The van der Waals surface area contributed by atoms with E-state index < -0.39 is 10.0 Å². The van der Waals surface area contributed by atoms with Crippen LogP contribution in [-0.2, 0) is 17.1 Å². The lowest BCUT2D eigenvalue weighted by Gasteiger charge is -2.16. The van der Waals surface area contributed by atoms with Crippen molar-refractivity contribution >= 4 is 26.6 Å². The summed E-state index contributed by atoms with van der Waals surface area (Å²) in [5, 5.41) is 0.716. The fraction of sp³-hybridized carbons (Fsp3) is 0.211. The molecule has 142 valence electrons. The summed E-state index contributed by atoms with van der Waals surface area (Å²) in [5.74, 6) is 0.544. The highest BCUT2D eigenvalue weighted by molar-refractivity contribution is 7.92. The van der Waals surface area contributed by atoms with E-state index in [1.54, 1.807) is 50.4 Å². The zero-order valence-electron chi connectivity index (χ0n) is 15.4. The van der Waals surface area contributed by atoms with Crippen molar-refractivity contribution in [2.75, 3.05) is 18.9 Å². The van der Waals surface area contributed by atoms with Crippen LogP contribution in [0.15, 0.2) is 52.2 Å². The van der Waals surface area contributed by atoms with Crippen LogP contribution in [0.1, 0.15) is 5.56 Å². The van der Waals surface area contributed by atoms with Crippen LogP contribution in [-0.4, -0.2) is 27.2 Å². The van der Waals surface area contributed by atoms with Gasteiger partial charge < -0.3 is 14.0 Å². The van der Waals surface area contributed by atoms with Crippen LogP contribution in [0, 0.1) is 6.92 Å². The highest BCUT2D eigenvalue weighted by Gasteiger charge is 2.21. The molecule has 0 saturated carbocycles. The van der Waals surface area contributed by atoms with Gasteiger partial charge in [0.1, 0.15) is 16.4 Å². The molecule has 1 aromatic heterocycles. The average molecular weight is 388 g/mol. The lowest BCUT2D eigenvalue weighted by molar-refractivity contribution is 0.403. The summed E-state index contributed by atoms with van der Waals surface area (Å²) in [5.41, 5.74) is 1.36. The molecule has 2 aromatic carbocycles. The molecule has 0 saturated heterocycles. The average Bonchev–Trinajstić information content (AvgIpc) is 2.65. The van der Waals surface area contributed by atoms with Crippen LogP contribution in [0.2, 0.25) is 0 Å². The van der Waals surface area contributed by atoms with Gasteiger partial charge in [-0.2, -0.15) is 0 Å². The summed E-state index contributed by atoms with van der Waals surface area (Å²) in [6.45, 7) is 1.71. The zero-order valence-corrected chi connectivity index (χ0v) is 16.3. The quantitative estimate of drug-likeness (QED) is 0.726. The number of pyridine rings is 1. The second-order valence-electron chi connectivity index (χ2n) is 6.06. The maximum atomic E-state index is 12.9. The lowest BCUT2D eigenvalue weighted by Crippen LogP contribution is -2.19. The number of hydrogen-bond acceptors (Lipinski definition) is 5. The molecule has 0 bridgehead atoms. The van der Waals surface area contributed by atoms with Gasteiger partial charge in [0.2, 0.25) is 0 Å². The number of methoxy groups -OCH3 is 2. The normalized spacial score (nSPS) is 11.4. The van der Waals surface area contributed by atoms with Gasteiger partial charge in [0.15, 0.2) is 0 Å². The minimum absolute atomic E-state index is 0.0197.